The Morgan fingerprint density at radius 1 is 1.42 bits per heavy atom. The number of methoxy groups -OCH3 is 1. The Balaban J connectivity index is 3.35. The number of ether oxygens (including phenoxy) is 1. The van der Waals surface area contributed by atoms with Crippen molar-refractivity contribution in [2.75, 3.05) is 7.11 Å². The first-order valence-electron chi connectivity index (χ1n) is 5.09. The third-order valence-corrected chi connectivity index (χ3v) is 2.54. The van der Waals surface area contributed by atoms with E-state index in [-0.39, 0.29) is 11.1 Å². The van der Waals surface area contributed by atoms with E-state index in [1.165, 1.54) is 0 Å². The molecule has 1 aromatic rings. The van der Waals surface area contributed by atoms with Gasteiger partial charge in [-0.2, -0.15) is 13.2 Å². The van der Waals surface area contributed by atoms with Crippen molar-refractivity contribution in [1.29, 1.82) is 0 Å². The molecule has 3 nitrogen and oxygen atoms in total. The minimum Gasteiger partial charge on any atom is -0.469 e. The molecule has 0 fully saturated rings. The van der Waals surface area contributed by atoms with Gasteiger partial charge in [0.2, 0.25) is 0 Å². The minimum atomic E-state index is -4.97. The number of hydrogen-bond acceptors (Lipinski definition) is 3. The van der Waals surface area contributed by atoms with Crippen LogP contribution in [-0.2, 0) is 22.1 Å². The lowest BCUT2D eigenvalue weighted by atomic mass is 10.0. The molecule has 0 saturated heterocycles. The Hall–Kier alpha value is -1.73. The zero-order valence-electron chi connectivity index (χ0n) is 10.0. The van der Waals surface area contributed by atoms with Gasteiger partial charge in [0.15, 0.2) is 5.69 Å². The predicted octanol–water partition coefficient (Wildman–Crippen LogP) is 3.06. The summed E-state index contributed by atoms with van der Waals surface area (Å²) in [5.74, 6) is -0.745. The molecule has 1 rings (SSSR count). The predicted molar refractivity (Wildman–Crippen MR) is 54.7 cm³/mol. The van der Waals surface area contributed by atoms with E-state index in [4.69, 9.17) is 0 Å². The molecule has 0 radical (unpaired) electrons. The summed E-state index contributed by atoms with van der Waals surface area (Å²) in [6.07, 6.45) is -7.95. The molecule has 0 amide bonds. The molecule has 19 heavy (non-hydrogen) atoms. The number of rotatable bonds is 3. The summed E-state index contributed by atoms with van der Waals surface area (Å²) < 4.78 is 67.5. The number of nitrogens with zero attached hydrogens (tertiary/aromatic N) is 1. The first-order valence-corrected chi connectivity index (χ1v) is 5.09. The van der Waals surface area contributed by atoms with Crippen molar-refractivity contribution in [3.8, 4) is 0 Å². The number of halogens is 5. The quantitative estimate of drug-likeness (QED) is 0.632. The molecule has 106 valence electrons. The van der Waals surface area contributed by atoms with Gasteiger partial charge in [-0.15, -0.1) is 0 Å². The van der Waals surface area contributed by atoms with Gasteiger partial charge in [0, 0.05) is 6.20 Å². The van der Waals surface area contributed by atoms with E-state index in [0.29, 0.717) is 0 Å². The van der Waals surface area contributed by atoms with Gasteiger partial charge in [0.25, 0.3) is 6.43 Å². The van der Waals surface area contributed by atoms with E-state index in [1.54, 1.807) is 0 Å². The van der Waals surface area contributed by atoms with Gasteiger partial charge >= 0.3 is 12.1 Å². The largest absolute Gasteiger partial charge is 0.469 e. The normalized spacial score (nSPS) is 11.8. The fraction of sp³-hybridized carbons (Fsp3) is 0.455. The zero-order valence-corrected chi connectivity index (χ0v) is 10.0. The molecule has 0 spiro atoms. The van der Waals surface area contributed by atoms with Crippen LogP contribution in [0.4, 0.5) is 22.0 Å². The first-order chi connectivity index (χ1) is 8.68. The van der Waals surface area contributed by atoms with Crippen molar-refractivity contribution in [1.82, 2.24) is 4.98 Å². The second-order valence-corrected chi connectivity index (χ2v) is 3.72. The molecule has 0 aromatic carbocycles. The van der Waals surface area contributed by atoms with Crippen LogP contribution in [0.2, 0.25) is 0 Å². The van der Waals surface area contributed by atoms with Gasteiger partial charge in [-0.25, -0.2) is 8.78 Å². The number of hydrogen-bond donors (Lipinski definition) is 0. The highest BCUT2D eigenvalue weighted by molar-refractivity contribution is 5.73. The Bertz CT molecular complexity index is 485. The maximum Gasteiger partial charge on any atom is 0.433 e. The highest BCUT2D eigenvalue weighted by Crippen LogP contribution is 2.37. The SMILES string of the molecule is COC(=O)Cc1cnc(C(F)(F)F)c(C(F)F)c1C. The van der Waals surface area contributed by atoms with Gasteiger partial charge in [0.1, 0.15) is 0 Å². The summed E-state index contributed by atoms with van der Waals surface area (Å²) in [4.78, 5) is 14.0. The molecular formula is C11H10F5NO2. The zero-order chi connectivity index (χ0) is 14.8. The van der Waals surface area contributed by atoms with Crippen molar-refractivity contribution < 1.29 is 31.5 Å². The molecule has 1 heterocycles. The van der Waals surface area contributed by atoms with Crippen LogP contribution in [0.5, 0.6) is 0 Å². The third kappa shape index (κ3) is 3.39. The number of carbonyl (C=O) groups is 1. The summed E-state index contributed by atoms with van der Waals surface area (Å²) in [6, 6.07) is 0. The van der Waals surface area contributed by atoms with E-state index in [9.17, 15) is 26.7 Å². The summed E-state index contributed by atoms with van der Waals surface area (Å²) in [6.45, 7) is 1.09. The van der Waals surface area contributed by atoms with Gasteiger partial charge in [-0.1, -0.05) is 0 Å². The molecule has 0 aliphatic carbocycles. The molecular weight excluding hydrogens is 273 g/mol. The molecule has 8 heteroatoms. The van der Waals surface area contributed by atoms with Gasteiger partial charge < -0.3 is 4.74 Å². The molecule has 0 bridgehead atoms. The van der Waals surface area contributed by atoms with Crippen LogP contribution in [0.15, 0.2) is 6.20 Å². The average Bonchev–Trinajstić information content (AvgIpc) is 2.29. The Labute approximate surface area is 105 Å². The van der Waals surface area contributed by atoms with Crippen molar-refractivity contribution in [3.05, 3.63) is 28.6 Å². The fourth-order valence-corrected chi connectivity index (χ4v) is 1.56. The highest BCUT2D eigenvalue weighted by atomic mass is 19.4. The molecule has 0 aliphatic heterocycles. The van der Waals surface area contributed by atoms with Crippen LogP contribution in [-0.4, -0.2) is 18.1 Å². The third-order valence-electron chi connectivity index (χ3n) is 2.54. The monoisotopic (exact) mass is 283 g/mol. The van der Waals surface area contributed by atoms with E-state index < -0.39 is 36.2 Å². The molecule has 0 N–H and O–H groups in total. The number of carbonyl (C=O) groups excluding carboxylic acids is 1. The average molecular weight is 283 g/mol. The Morgan fingerprint density at radius 2 is 2.00 bits per heavy atom. The number of esters is 1. The van der Waals surface area contributed by atoms with Crippen molar-refractivity contribution in [3.63, 3.8) is 0 Å². The second kappa shape index (κ2) is 5.50. The van der Waals surface area contributed by atoms with Crippen molar-refractivity contribution in [2.45, 2.75) is 25.9 Å². The van der Waals surface area contributed by atoms with E-state index in [0.717, 1.165) is 20.2 Å². The Morgan fingerprint density at radius 3 is 2.42 bits per heavy atom. The topological polar surface area (TPSA) is 39.2 Å². The summed E-state index contributed by atoms with van der Waals surface area (Å²) in [5.41, 5.74) is -3.15. The standard InChI is InChI=1S/C11H10F5NO2/c1-5-6(3-7(18)19-2)4-17-9(11(14,15)16)8(5)10(12)13/h4,10H,3H2,1-2H3. The lowest BCUT2D eigenvalue weighted by Crippen LogP contribution is -2.16. The van der Waals surface area contributed by atoms with Crippen LogP contribution < -0.4 is 0 Å². The summed E-state index contributed by atoms with van der Waals surface area (Å²) >= 11 is 0. The van der Waals surface area contributed by atoms with Crippen molar-refractivity contribution in [2.24, 2.45) is 0 Å². The van der Waals surface area contributed by atoms with E-state index in [2.05, 4.69) is 9.72 Å². The summed E-state index contributed by atoms with van der Waals surface area (Å²) in [7, 11) is 1.09. The molecule has 0 saturated carbocycles. The first kappa shape index (κ1) is 15.3. The molecule has 0 unspecified atom stereocenters. The van der Waals surface area contributed by atoms with Crippen LogP contribution >= 0.6 is 0 Å². The second-order valence-electron chi connectivity index (χ2n) is 3.72. The van der Waals surface area contributed by atoms with Crippen molar-refractivity contribution >= 4 is 5.97 Å². The molecule has 1 aromatic heterocycles. The summed E-state index contributed by atoms with van der Waals surface area (Å²) in [5, 5.41) is 0. The fourth-order valence-electron chi connectivity index (χ4n) is 1.56. The lowest BCUT2D eigenvalue weighted by Gasteiger charge is -2.16. The number of aromatic nitrogens is 1. The van der Waals surface area contributed by atoms with E-state index >= 15 is 0 Å². The maximum absolute atomic E-state index is 12.8. The molecule has 0 aliphatic rings. The smallest absolute Gasteiger partial charge is 0.433 e. The van der Waals surface area contributed by atoms with Crippen LogP contribution in [0.25, 0.3) is 0 Å². The Kier molecular flexibility index (Phi) is 4.43. The van der Waals surface area contributed by atoms with Gasteiger partial charge in [-0.05, 0) is 18.1 Å². The maximum atomic E-state index is 12.8. The van der Waals surface area contributed by atoms with Crippen LogP contribution in [0, 0.1) is 6.92 Å². The van der Waals surface area contributed by atoms with E-state index in [1.807, 2.05) is 0 Å². The minimum absolute atomic E-state index is 0.0184. The van der Waals surface area contributed by atoms with Gasteiger partial charge in [0.05, 0.1) is 19.1 Å². The van der Waals surface area contributed by atoms with Gasteiger partial charge in [-0.3, -0.25) is 9.78 Å². The molecule has 0 atom stereocenters. The number of alkyl halides is 5. The van der Waals surface area contributed by atoms with Crippen LogP contribution in [0.1, 0.15) is 28.8 Å². The number of pyridine rings is 1. The lowest BCUT2D eigenvalue weighted by molar-refractivity contribution is -0.143. The highest BCUT2D eigenvalue weighted by Gasteiger charge is 2.39. The van der Waals surface area contributed by atoms with Crippen LogP contribution in [0.3, 0.4) is 0 Å².